The molecule has 6 amide bonds. The van der Waals surface area contributed by atoms with Crippen molar-refractivity contribution in [3.05, 3.63) is 69.4 Å². The van der Waals surface area contributed by atoms with Gasteiger partial charge in [-0.25, -0.2) is 4.39 Å². The molecule has 91 heavy (non-hydrogen) atoms. The molecule has 0 aliphatic carbocycles. The molecule has 5 N–H and O–H groups in total. The highest BCUT2D eigenvalue weighted by Gasteiger charge is 2.43. The number of carboxylic acids is 1. The van der Waals surface area contributed by atoms with Crippen LogP contribution < -0.4 is 26.0 Å². The molecule has 0 saturated carbocycles. The maximum Gasteiger partial charge on any atom is 0.317 e. The van der Waals surface area contributed by atoms with Gasteiger partial charge >= 0.3 is 5.97 Å². The number of carbonyl (C=O) groups excluding carboxylic acids is 8. The first kappa shape index (κ1) is 73.3. The van der Waals surface area contributed by atoms with E-state index >= 15 is 0 Å². The van der Waals surface area contributed by atoms with E-state index in [1.165, 1.54) is 35.3 Å². The smallest absolute Gasteiger partial charge is 0.317 e. The van der Waals surface area contributed by atoms with E-state index < -0.39 is 41.4 Å². The minimum absolute atomic E-state index is 0.00148. The number of carbonyl (C=O) groups is 9. The van der Waals surface area contributed by atoms with Gasteiger partial charge in [-0.3, -0.25) is 67.7 Å². The summed E-state index contributed by atoms with van der Waals surface area (Å²) in [5.74, 6) is -1.11. The fourth-order valence-electron chi connectivity index (χ4n) is 11.2. The number of pyridine rings is 1. The fourth-order valence-corrected chi connectivity index (χ4v) is 12.4. The first-order chi connectivity index (χ1) is 43.9. The van der Waals surface area contributed by atoms with Crippen LogP contribution in [0.25, 0.3) is 10.9 Å². The lowest BCUT2D eigenvalue weighted by atomic mass is 9.92. The number of carboxylic acid groups (broad SMARTS) is 1. The minimum atomic E-state index is -1.67. The van der Waals surface area contributed by atoms with Gasteiger partial charge in [-0.05, 0) is 129 Å². The van der Waals surface area contributed by atoms with E-state index in [1.54, 1.807) is 29.2 Å². The van der Waals surface area contributed by atoms with Crippen LogP contribution in [0.1, 0.15) is 93.5 Å². The van der Waals surface area contributed by atoms with E-state index in [2.05, 4.69) is 61.0 Å². The number of hydrogen-bond donors (Lipinski definition) is 5. The number of likely N-dealkylation sites (tertiary alicyclic amines) is 2. The minimum Gasteiger partial charge on any atom is -0.494 e. The number of unbranched alkanes of at least 4 members (excludes halogenated alkanes) is 2. The quantitative estimate of drug-likeness (QED) is 0.0320. The lowest BCUT2D eigenvalue weighted by Gasteiger charge is -2.33. The number of ether oxygens (including phenoxy) is 3. The van der Waals surface area contributed by atoms with Crippen molar-refractivity contribution < 1.29 is 66.9 Å². The number of halogens is 2. The van der Waals surface area contributed by atoms with Crippen molar-refractivity contribution in [2.45, 2.75) is 102 Å². The summed E-state index contributed by atoms with van der Waals surface area (Å²) in [4.78, 5) is 129. The summed E-state index contributed by atoms with van der Waals surface area (Å²) in [5.41, 5.74) is 0.354. The lowest BCUT2D eigenvalue weighted by molar-refractivity contribution is -0.139. The van der Waals surface area contributed by atoms with Crippen LogP contribution in [0.15, 0.2) is 54.7 Å². The van der Waals surface area contributed by atoms with Gasteiger partial charge in [-0.2, -0.15) is 17.0 Å². The largest absolute Gasteiger partial charge is 0.494 e. The Balaban J connectivity index is 0.918. The predicted molar refractivity (Wildman–Crippen MR) is 347 cm³/mol. The summed E-state index contributed by atoms with van der Waals surface area (Å²) < 4.78 is 31.9. The molecule has 498 valence electrons. The summed E-state index contributed by atoms with van der Waals surface area (Å²) in [7, 11) is 0. The van der Waals surface area contributed by atoms with Crippen LogP contribution in [0, 0.1) is 20.8 Å². The number of nitrogens with one attached hydrogen (secondary N) is 4. The summed E-state index contributed by atoms with van der Waals surface area (Å²) in [6.45, 7) is 6.40. The number of amides is 6. The highest BCUT2D eigenvalue weighted by atomic mass is 127. The Bertz CT molecular complexity index is 2900. The van der Waals surface area contributed by atoms with E-state index in [-0.39, 0.29) is 69.5 Å². The van der Waals surface area contributed by atoms with Crippen LogP contribution in [-0.2, 0) is 54.3 Å². The van der Waals surface area contributed by atoms with Gasteiger partial charge in [0.15, 0.2) is 0 Å². The molecule has 3 aliphatic heterocycles. The molecule has 0 radical (unpaired) electrons. The Morgan fingerprint density at radius 3 is 2.12 bits per heavy atom. The third kappa shape index (κ3) is 26.8. The van der Waals surface area contributed by atoms with Gasteiger partial charge in [-0.1, -0.05) is 18.6 Å². The van der Waals surface area contributed by atoms with Gasteiger partial charge in [0.2, 0.25) is 29.5 Å². The van der Waals surface area contributed by atoms with Gasteiger partial charge in [0.25, 0.3) is 18.9 Å². The SMILES string of the molecule is CC1(F)C[C@H](C#N)N(C(=O)CNC(=O)c2ccnc3ccc(OCCCC4CCN(C(=O)CCCCCNC(=O)C(CSCCNC(=O)CCCc5ccc(I)cc5)NC(=O)CN5CCN(COC=O)CCN(COC=O)CCN(CC(=O)O)CC5)CC4)cc23)C1. The second-order valence-electron chi connectivity index (χ2n) is 23.4. The zero-order chi connectivity index (χ0) is 65.4. The fraction of sp³-hybridized carbons (Fsp3) is 0.603. The number of aliphatic carboxylic acids is 1. The van der Waals surface area contributed by atoms with E-state index in [0.717, 1.165) is 35.7 Å². The summed E-state index contributed by atoms with van der Waals surface area (Å²) in [6, 6.07) is 15.2. The normalized spacial score (nSPS) is 18.6. The summed E-state index contributed by atoms with van der Waals surface area (Å²) >= 11 is 3.68. The molecule has 2 aromatic carbocycles. The number of nitrogens with zero attached hydrogens (tertiary/aromatic N) is 8. The van der Waals surface area contributed by atoms with Gasteiger partial charge in [0.1, 0.15) is 37.0 Å². The number of benzene rings is 2. The van der Waals surface area contributed by atoms with Gasteiger partial charge in [0, 0.05) is 124 Å². The first-order valence-corrected chi connectivity index (χ1v) is 33.5. The molecule has 0 spiro atoms. The van der Waals surface area contributed by atoms with Crippen LogP contribution in [-0.4, -0.2) is 248 Å². The average Bonchev–Trinajstić information content (AvgIpc) is 2.12. The van der Waals surface area contributed by atoms with Crippen LogP contribution in [0.4, 0.5) is 4.39 Å². The van der Waals surface area contributed by atoms with E-state index in [1.807, 2.05) is 37.8 Å². The summed E-state index contributed by atoms with van der Waals surface area (Å²) in [5, 5.41) is 31.2. The topological polar surface area (TPSA) is 306 Å². The molecule has 1 aromatic heterocycles. The molecule has 3 atom stereocenters. The molecule has 25 nitrogen and oxygen atoms in total. The van der Waals surface area contributed by atoms with Crippen LogP contribution >= 0.6 is 34.4 Å². The summed E-state index contributed by atoms with van der Waals surface area (Å²) in [6.07, 6.45) is 9.09. The average molecular weight is 1400 g/mol. The van der Waals surface area contributed by atoms with Gasteiger partial charge in [0.05, 0.1) is 49.9 Å². The maximum absolute atomic E-state index is 14.6. The molecule has 3 aromatic rings. The van der Waals surface area contributed by atoms with E-state index in [9.17, 15) is 57.9 Å². The van der Waals surface area contributed by atoms with Crippen molar-refractivity contribution in [1.82, 2.24) is 55.7 Å². The number of nitriles is 1. The zero-order valence-corrected chi connectivity index (χ0v) is 55.0. The molecule has 3 saturated heterocycles. The van der Waals surface area contributed by atoms with Crippen molar-refractivity contribution in [3.8, 4) is 11.8 Å². The molecular weight excluding hydrogens is 1310 g/mol. The van der Waals surface area contributed by atoms with Crippen LogP contribution in [0.5, 0.6) is 5.75 Å². The lowest BCUT2D eigenvalue weighted by Crippen LogP contribution is -2.53. The van der Waals surface area contributed by atoms with Crippen LogP contribution in [0.3, 0.4) is 0 Å². The number of hydrogen-bond acceptors (Lipinski definition) is 19. The third-order valence-electron chi connectivity index (χ3n) is 16.3. The number of aryl methyl sites for hydroxylation is 1. The standard InChI is InChI=1S/C63H88FIN12O13S/c1-63(64)36-50(37-66)77(42-63)59(83)38-70-61(86)52-17-21-67-54-16-15-51(35-53(52)54)90-33-6-8-48-18-23-76(24-19-48)58(82)10-3-2-4-20-69-62(87)55(41-91-34-22-68-56(80)9-5-7-47-11-13-49(65)14-12-47)71-57(81)39-72-25-26-73(40-60(84)85)28-30-75(44-89-46-79)32-31-74(29-27-72)43-88-45-78/h11-17,21,35,45-46,48,50,55H,2-10,18-20,22-34,36,38-44H2,1H3,(H,68,80)(H,69,87)(H,70,86)(H,71,81)(H,84,85)/t50-,55?,63?/m1/s1. The van der Waals surface area contributed by atoms with Crippen molar-refractivity contribution in [1.29, 1.82) is 5.26 Å². The molecule has 2 unspecified atom stereocenters. The van der Waals surface area contributed by atoms with Crippen molar-refractivity contribution >= 4 is 99.6 Å². The second kappa shape index (κ2) is 39.6. The first-order valence-electron chi connectivity index (χ1n) is 31.3. The van der Waals surface area contributed by atoms with Crippen LogP contribution in [0.2, 0.25) is 0 Å². The molecule has 0 bridgehead atoms. The predicted octanol–water partition coefficient (Wildman–Crippen LogP) is 3.42. The Labute approximate surface area is 549 Å². The number of fused-ring (bicyclic) bond motifs is 1. The van der Waals surface area contributed by atoms with E-state index in [0.29, 0.717) is 170 Å². The number of thioether (sulfide) groups is 1. The Hall–Kier alpha value is -6.78. The van der Waals surface area contributed by atoms with Gasteiger partial charge in [-0.15, -0.1) is 0 Å². The molecule has 3 fully saturated rings. The maximum atomic E-state index is 14.6. The number of piperidine rings is 1. The Morgan fingerprint density at radius 2 is 1.46 bits per heavy atom. The molecular formula is C63H88FIN12O13S. The second-order valence-corrected chi connectivity index (χ2v) is 25.8. The molecule has 3 aliphatic rings. The molecule has 28 heteroatoms. The molecule has 6 rings (SSSR count). The Kier molecular flexibility index (Phi) is 31.9. The molecule has 4 heterocycles. The number of alkyl halides is 1. The Morgan fingerprint density at radius 1 is 0.791 bits per heavy atom. The number of rotatable bonds is 35. The van der Waals surface area contributed by atoms with Crippen molar-refractivity contribution in [3.63, 3.8) is 0 Å². The highest BCUT2D eigenvalue weighted by molar-refractivity contribution is 14.1. The van der Waals surface area contributed by atoms with E-state index in [4.69, 9.17) is 14.2 Å². The third-order valence-corrected chi connectivity index (χ3v) is 18.1. The van der Waals surface area contributed by atoms with Crippen molar-refractivity contribution in [2.75, 3.05) is 136 Å². The van der Waals surface area contributed by atoms with Gasteiger partial charge < -0.3 is 50.4 Å². The number of aromatic nitrogens is 1. The zero-order valence-electron chi connectivity index (χ0n) is 52.0. The van der Waals surface area contributed by atoms with Crippen molar-refractivity contribution in [2.24, 2.45) is 5.92 Å². The monoisotopic (exact) mass is 1400 g/mol. The highest BCUT2D eigenvalue weighted by Crippen LogP contribution is 2.30.